The van der Waals surface area contributed by atoms with Gasteiger partial charge in [0, 0.05) is 57.6 Å². The molecule has 1 spiro atoms. The number of nitrogens with zero attached hydrogens (tertiary/aromatic N) is 3. The van der Waals surface area contributed by atoms with Crippen LogP contribution in [0.2, 0.25) is 0 Å². The van der Waals surface area contributed by atoms with E-state index in [0.717, 1.165) is 71.5 Å². The van der Waals surface area contributed by atoms with Crippen molar-refractivity contribution >= 4 is 11.8 Å². The maximum atomic E-state index is 13.2. The quantitative estimate of drug-likeness (QED) is 0.685. The third-order valence-electron chi connectivity index (χ3n) is 9.09. The molecule has 2 saturated heterocycles. The van der Waals surface area contributed by atoms with E-state index in [1.807, 2.05) is 0 Å². The van der Waals surface area contributed by atoms with E-state index in [1.54, 1.807) is 0 Å². The highest BCUT2D eigenvalue weighted by Gasteiger charge is 2.60. The van der Waals surface area contributed by atoms with Crippen LogP contribution >= 0.6 is 0 Å². The van der Waals surface area contributed by atoms with E-state index in [0.29, 0.717) is 23.7 Å². The molecule has 0 N–H and O–H groups in total. The van der Waals surface area contributed by atoms with Gasteiger partial charge in [0.15, 0.2) is 0 Å². The number of fused-ring (bicyclic) bond motifs is 2. The van der Waals surface area contributed by atoms with Crippen molar-refractivity contribution in [3.05, 3.63) is 48.0 Å². The van der Waals surface area contributed by atoms with Crippen molar-refractivity contribution in [2.75, 3.05) is 39.3 Å². The van der Waals surface area contributed by atoms with E-state index in [-0.39, 0.29) is 17.3 Å². The van der Waals surface area contributed by atoms with Gasteiger partial charge in [0.1, 0.15) is 0 Å². The lowest BCUT2D eigenvalue weighted by Gasteiger charge is -2.37. The van der Waals surface area contributed by atoms with E-state index in [9.17, 15) is 9.59 Å². The van der Waals surface area contributed by atoms with E-state index >= 15 is 0 Å². The minimum atomic E-state index is 0.184. The molecule has 4 atom stereocenters. The molecule has 2 bridgehead atoms. The minimum Gasteiger partial charge on any atom is -0.342 e. The van der Waals surface area contributed by atoms with Crippen LogP contribution in [-0.2, 0) is 16.1 Å². The molecule has 2 aliphatic heterocycles. The molecule has 5 heteroatoms. The Hall–Kier alpha value is -2.14. The zero-order valence-electron chi connectivity index (χ0n) is 19.0. The topological polar surface area (TPSA) is 43.9 Å². The fraction of sp³-hybridized carbons (Fsp3) is 0.630. The molecule has 170 valence electrons. The molecular weight excluding hydrogens is 398 g/mol. The van der Waals surface area contributed by atoms with Crippen molar-refractivity contribution in [2.45, 2.75) is 38.6 Å². The van der Waals surface area contributed by atoms with Gasteiger partial charge in [0.05, 0.1) is 0 Å². The highest BCUT2D eigenvalue weighted by atomic mass is 16.2. The first-order valence-electron chi connectivity index (χ1n) is 12.6. The number of carbonyl (C=O) groups is 2. The first kappa shape index (κ1) is 20.5. The van der Waals surface area contributed by atoms with Gasteiger partial charge in [-0.1, -0.05) is 42.5 Å². The molecule has 5 nitrogen and oxygen atoms in total. The van der Waals surface area contributed by atoms with Crippen LogP contribution in [0.3, 0.4) is 0 Å². The molecule has 1 aromatic rings. The van der Waals surface area contributed by atoms with Crippen molar-refractivity contribution in [1.29, 1.82) is 0 Å². The van der Waals surface area contributed by atoms with Crippen LogP contribution < -0.4 is 0 Å². The average molecular weight is 434 g/mol. The zero-order chi connectivity index (χ0) is 21.7. The zero-order valence-corrected chi connectivity index (χ0v) is 19.0. The smallest absolute Gasteiger partial charge is 0.226 e. The van der Waals surface area contributed by atoms with E-state index in [1.165, 1.54) is 12.0 Å². The second kappa shape index (κ2) is 8.02. The van der Waals surface area contributed by atoms with Gasteiger partial charge in [-0.25, -0.2) is 0 Å². The Morgan fingerprint density at radius 1 is 0.844 bits per heavy atom. The van der Waals surface area contributed by atoms with Gasteiger partial charge < -0.3 is 9.80 Å². The first-order chi connectivity index (χ1) is 15.6. The highest BCUT2D eigenvalue weighted by molar-refractivity contribution is 5.83. The number of allylic oxidation sites excluding steroid dienone is 2. The molecule has 2 heterocycles. The molecule has 0 radical (unpaired) electrons. The largest absolute Gasteiger partial charge is 0.342 e. The van der Waals surface area contributed by atoms with Crippen LogP contribution in [0.15, 0.2) is 42.5 Å². The van der Waals surface area contributed by atoms with Crippen LogP contribution in [0.25, 0.3) is 0 Å². The Labute approximate surface area is 191 Å². The summed E-state index contributed by atoms with van der Waals surface area (Å²) in [5.41, 5.74) is 1.53. The standard InChI is InChI=1S/C27H35N3O2/c31-25(23-17-21-6-7-22(23)16-21)29-10-8-27(9-11-29)18-24(27)26(32)30-14-12-28(13-15-30)19-20-4-2-1-3-5-20/h1-7,21-24H,8-19H2/t21-,22+,23-,24?/m1/s1. The fourth-order valence-corrected chi connectivity index (χ4v) is 6.91. The summed E-state index contributed by atoms with van der Waals surface area (Å²) in [5, 5.41) is 0. The number of piperazine rings is 1. The predicted octanol–water partition coefficient (Wildman–Crippen LogP) is 3.17. The molecule has 32 heavy (non-hydrogen) atoms. The monoisotopic (exact) mass is 433 g/mol. The van der Waals surface area contributed by atoms with Crippen LogP contribution in [0.4, 0.5) is 0 Å². The number of likely N-dealkylation sites (tertiary alicyclic amines) is 1. The van der Waals surface area contributed by atoms with Gasteiger partial charge in [-0.05, 0) is 54.9 Å². The summed E-state index contributed by atoms with van der Waals surface area (Å²) in [6, 6.07) is 10.6. The maximum absolute atomic E-state index is 13.2. The number of rotatable bonds is 4. The molecule has 2 amide bonds. The van der Waals surface area contributed by atoms with Gasteiger partial charge in [-0.15, -0.1) is 0 Å². The molecule has 1 aromatic carbocycles. The second-order valence-electron chi connectivity index (χ2n) is 10.9. The maximum Gasteiger partial charge on any atom is 0.226 e. The van der Waals surface area contributed by atoms with Gasteiger partial charge in [0.25, 0.3) is 0 Å². The lowest BCUT2D eigenvalue weighted by atomic mass is 9.87. The summed E-state index contributed by atoms with van der Waals surface area (Å²) in [6.07, 6.45) is 9.88. The Morgan fingerprint density at radius 3 is 2.22 bits per heavy atom. The van der Waals surface area contributed by atoms with Gasteiger partial charge in [-0.2, -0.15) is 0 Å². The van der Waals surface area contributed by atoms with E-state index < -0.39 is 0 Å². The summed E-state index contributed by atoms with van der Waals surface area (Å²) in [6.45, 7) is 6.29. The van der Waals surface area contributed by atoms with E-state index in [4.69, 9.17) is 0 Å². The average Bonchev–Trinajstić information content (AvgIpc) is 3.15. The first-order valence-corrected chi connectivity index (χ1v) is 12.6. The van der Waals surface area contributed by atoms with Crippen molar-refractivity contribution in [3.8, 4) is 0 Å². The number of carbonyl (C=O) groups excluding carboxylic acids is 2. The molecule has 4 fully saturated rings. The lowest BCUT2D eigenvalue weighted by Crippen LogP contribution is -2.49. The number of amides is 2. The van der Waals surface area contributed by atoms with Crippen molar-refractivity contribution in [2.24, 2.45) is 29.1 Å². The Kier molecular flexibility index (Phi) is 5.13. The summed E-state index contributed by atoms with van der Waals surface area (Å²) < 4.78 is 0. The van der Waals surface area contributed by atoms with Crippen molar-refractivity contribution in [3.63, 3.8) is 0 Å². The Morgan fingerprint density at radius 2 is 1.56 bits per heavy atom. The molecule has 3 aliphatic carbocycles. The third-order valence-corrected chi connectivity index (χ3v) is 9.09. The Balaban J connectivity index is 0.977. The number of hydrogen-bond donors (Lipinski definition) is 0. The van der Waals surface area contributed by atoms with Gasteiger partial charge in [-0.3, -0.25) is 14.5 Å². The number of piperidine rings is 1. The number of hydrogen-bond acceptors (Lipinski definition) is 3. The molecule has 5 aliphatic rings. The Bertz CT molecular complexity index is 897. The molecular formula is C27H35N3O2. The van der Waals surface area contributed by atoms with Crippen molar-refractivity contribution < 1.29 is 9.59 Å². The van der Waals surface area contributed by atoms with Gasteiger partial charge in [0.2, 0.25) is 11.8 Å². The fourth-order valence-electron chi connectivity index (χ4n) is 6.91. The lowest BCUT2D eigenvalue weighted by molar-refractivity contribution is -0.138. The molecule has 2 saturated carbocycles. The normalized spacial score (nSPS) is 33.1. The molecule has 1 unspecified atom stereocenters. The molecule has 6 rings (SSSR count). The predicted molar refractivity (Wildman–Crippen MR) is 123 cm³/mol. The minimum absolute atomic E-state index is 0.184. The van der Waals surface area contributed by atoms with Crippen molar-refractivity contribution in [1.82, 2.24) is 14.7 Å². The summed E-state index contributed by atoms with van der Waals surface area (Å²) in [5.74, 6) is 2.31. The highest BCUT2D eigenvalue weighted by Crippen LogP contribution is 2.60. The SMILES string of the molecule is O=C(C1CC12CCN(C(=O)[C@@H]1C[C@@H]3C=C[C@H]1C3)CC2)N1CCN(Cc2ccccc2)CC1. The summed E-state index contributed by atoms with van der Waals surface area (Å²) in [7, 11) is 0. The summed E-state index contributed by atoms with van der Waals surface area (Å²) >= 11 is 0. The van der Waals surface area contributed by atoms with Crippen LogP contribution in [-0.4, -0.2) is 65.8 Å². The summed E-state index contributed by atoms with van der Waals surface area (Å²) in [4.78, 5) is 33.0. The van der Waals surface area contributed by atoms with Crippen LogP contribution in [0.1, 0.15) is 37.7 Å². The molecule has 0 aromatic heterocycles. The van der Waals surface area contributed by atoms with E-state index in [2.05, 4.69) is 57.2 Å². The van der Waals surface area contributed by atoms with Crippen LogP contribution in [0, 0.1) is 29.1 Å². The second-order valence-corrected chi connectivity index (χ2v) is 10.9. The van der Waals surface area contributed by atoms with Crippen LogP contribution in [0.5, 0.6) is 0 Å². The van der Waals surface area contributed by atoms with Gasteiger partial charge >= 0.3 is 0 Å². The third kappa shape index (κ3) is 3.68. The number of benzene rings is 1.